The molecule has 1 fully saturated rings. The number of carbonyl (C=O) groups excluding carboxylic acids is 2. The zero-order valence-electron chi connectivity index (χ0n) is 15.4. The summed E-state index contributed by atoms with van der Waals surface area (Å²) in [6, 6.07) is 18.6. The van der Waals surface area contributed by atoms with Crippen LogP contribution in [-0.2, 0) is 4.74 Å². The number of esters is 1. The quantitative estimate of drug-likeness (QED) is 0.405. The van der Waals surface area contributed by atoms with Crippen molar-refractivity contribution in [1.82, 2.24) is 4.90 Å². The zero-order chi connectivity index (χ0) is 18.2. The van der Waals surface area contributed by atoms with Gasteiger partial charge in [-0.05, 0) is 37.9 Å². The van der Waals surface area contributed by atoms with Crippen LogP contribution in [0.25, 0.3) is 0 Å². The summed E-state index contributed by atoms with van der Waals surface area (Å²) in [5.74, 6) is 0.0326. The molecule has 4 nitrogen and oxygen atoms in total. The van der Waals surface area contributed by atoms with Crippen molar-refractivity contribution in [1.29, 1.82) is 0 Å². The van der Waals surface area contributed by atoms with Crippen molar-refractivity contribution in [2.45, 2.75) is 19.3 Å². The van der Waals surface area contributed by atoms with E-state index in [9.17, 15) is 9.59 Å². The minimum Gasteiger partial charge on any atom is -0.462 e. The molecular formula is C22H26ClNO3. The monoisotopic (exact) mass is 387 g/mol. The van der Waals surface area contributed by atoms with Gasteiger partial charge in [-0.25, -0.2) is 4.79 Å². The third kappa shape index (κ3) is 6.19. The number of carbonyl (C=O) groups is 2. The van der Waals surface area contributed by atoms with E-state index in [1.165, 1.54) is 0 Å². The number of benzene rings is 2. The molecule has 1 aliphatic rings. The Morgan fingerprint density at radius 3 is 2.26 bits per heavy atom. The van der Waals surface area contributed by atoms with E-state index in [1.807, 2.05) is 48.5 Å². The highest BCUT2D eigenvalue weighted by molar-refractivity contribution is 5.98. The highest BCUT2D eigenvalue weighted by atomic mass is 35.5. The smallest absolute Gasteiger partial charge is 0.338 e. The summed E-state index contributed by atoms with van der Waals surface area (Å²) in [6.07, 6.45) is 2.77. The number of halogens is 1. The Balaban J connectivity index is 0.00000261. The van der Waals surface area contributed by atoms with Gasteiger partial charge in [0.1, 0.15) is 0 Å². The van der Waals surface area contributed by atoms with Crippen molar-refractivity contribution in [2.24, 2.45) is 5.92 Å². The van der Waals surface area contributed by atoms with Gasteiger partial charge in [0.05, 0.1) is 12.2 Å². The van der Waals surface area contributed by atoms with E-state index >= 15 is 0 Å². The second kappa shape index (κ2) is 10.9. The summed E-state index contributed by atoms with van der Waals surface area (Å²) in [5, 5.41) is 0. The van der Waals surface area contributed by atoms with Crippen LogP contribution in [0.5, 0.6) is 0 Å². The van der Waals surface area contributed by atoms with Crippen LogP contribution >= 0.6 is 12.4 Å². The summed E-state index contributed by atoms with van der Waals surface area (Å²) in [5.41, 5.74) is 1.38. The fourth-order valence-electron chi connectivity index (χ4n) is 3.42. The fourth-order valence-corrected chi connectivity index (χ4v) is 3.42. The van der Waals surface area contributed by atoms with E-state index in [1.54, 1.807) is 12.1 Å². The Hall–Kier alpha value is -2.17. The van der Waals surface area contributed by atoms with E-state index in [4.69, 9.17) is 4.74 Å². The molecule has 0 amide bonds. The van der Waals surface area contributed by atoms with E-state index in [0.29, 0.717) is 12.2 Å². The lowest BCUT2D eigenvalue weighted by atomic mass is 9.90. The maximum Gasteiger partial charge on any atom is 0.338 e. The van der Waals surface area contributed by atoms with Crippen molar-refractivity contribution < 1.29 is 14.3 Å². The first-order valence-corrected chi connectivity index (χ1v) is 9.28. The summed E-state index contributed by atoms with van der Waals surface area (Å²) < 4.78 is 5.33. The molecule has 0 bridgehead atoms. The van der Waals surface area contributed by atoms with Gasteiger partial charge in [-0.1, -0.05) is 48.5 Å². The summed E-state index contributed by atoms with van der Waals surface area (Å²) in [4.78, 5) is 26.8. The maximum absolute atomic E-state index is 12.6. The third-order valence-corrected chi connectivity index (χ3v) is 4.80. The van der Waals surface area contributed by atoms with E-state index in [0.717, 1.165) is 44.5 Å². The van der Waals surface area contributed by atoms with Crippen LogP contribution in [0, 0.1) is 5.92 Å². The Morgan fingerprint density at radius 2 is 1.59 bits per heavy atom. The lowest BCUT2D eigenvalue weighted by Gasteiger charge is -2.31. The highest BCUT2D eigenvalue weighted by Gasteiger charge is 2.26. The number of hydrogen-bond donors (Lipinski definition) is 0. The number of likely N-dealkylation sites (tertiary alicyclic amines) is 1. The molecule has 1 heterocycles. The van der Waals surface area contributed by atoms with Crippen LogP contribution < -0.4 is 0 Å². The van der Waals surface area contributed by atoms with E-state index in [2.05, 4.69) is 4.90 Å². The molecular weight excluding hydrogens is 362 g/mol. The first-order chi connectivity index (χ1) is 12.7. The molecule has 27 heavy (non-hydrogen) atoms. The normalized spacial score (nSPS) is 17.0. The Bertz CT molecular complexity index is 721. The molecule has 1 aliphatic heterocycles. The topological polar surface area (TPSA) is 46.6 Å². The van der Waals surface area contributed by atoms with Gasteiger partial charge >= 0.3 is 5.97 Å². The summed E-state index contributed by atoms with van der Waals surface area (Å²) >= 11 is 0. The number of nitrogens with zero attached hydrogens (tertiary/aromatic N) is 1. The van der Waals surface area contributed by atoms with E-state index < -0.39 is 0 Å². The molecule has 0 aliphatic carbocycles. The molecule has 0 radical (unpaired) electrons. The van der Waals surface area contributed by atoms with Gasteiger partial charge in [-0.15, -0.1) is 12.4 Å². The first-order valence-electron chi connectivity index (χ1n) is 9.28. The molecule has 1 saturated heterocycles. The number of rotatable bonds is 7. The SMILES string of the molecule is Cl.O=C(OCCCN1CCCC(C(=O)c2ccccc2)C1)c1ccccc1. The van der Waals surface area contributed by atoms with Crippen molar-refractivity contribution in [3.05, 3.63) is 71.8 Å². The second-order valence-corrected chi connectivity index (χ2v) is 6.73. The average Bonchev–Trinajstić information content (AvgIpc) is 2.72. The van der Waals surface area contributed by atoms with Crippen molar-refractivity contribution in [3.8, 4) is 0 Å². The third-order valence-electron chi connectivity index (χ3n) is 4.80. The van der Waals surface area contributed by atoms with Gasteiger partial charge in [0.15, 0.2) is 5.78 Å². The maximum atomic E-state index is 12.6. The number of hydrogen-bond acceptors (Lipinski definition) is 4. The summed E-state index contributed by atoms with van der Waals surface area (Å²) in [6.45, 7) is 3.05. The van der Waals surface area contributed by atoms with Gasteiger partial charge in [0.25, 0.3) is 0 Å². The van der Waals surface area contributed by atoms with Crippen LogP contribution in [-0.4, -0.2) is 42.9 Å². The molecule has 1 unspecified atom stereocenters. The van der Waals surface area contributed by atoms with Crippen LogP contribution in [0.3, 0.4) is 0 Å². The predicted octanol–water partition coefficient (Wildman–Crippen LogP) is 4.25. The molecule has 0 aromatic heterocycles. The van der Waals surface area contributed by atoms with Crippen molar-refractivity contribution in [2.75, 3.05) is 26.2 Å². The van der Waals surface area contributed by atoms with E-state index in [-0.39, 0.29) is 30.1 Å². The molecule has 3 rings (SSSR count). The molecule has 2 aromatic carbocycles. The highest BCUT2D eigenvalue weighted by Crippen LogP contribution is 2.21. The van der Waals surface area contributed by atoms with Crippen molar-refractivity contribution >= 4 is 24.2 Å². The Morgan fingerprint density at radius 1 is 0.963 bits per heavy atom. The molecule has 0 spiro atoms. The predicted molar refractivity (Wildman–Crippen MR) is 109 cm³/mol. The first kappa shape index (κ1) is 21.1. The van der Waals surface area contributed by atoms with Gasteiger partial charge in [-0.3, -0.25) is 4.79 Å². The van der Waals surface area contributed by atoms with Crippen LogP contribution in [0.1, 0.15) is 40.0 Å². The largest absolute Gasteiger partial charge is 0.462 e. The van der Waals surface area contributed by atoms with Gasteiger partial charge in [-0.2, -0.15) is 0 Å². The van der Waals surface area contributed by atoms with Gasteiger partial charge in [0.2, 0.25) is 0 Å². The minimum atomic E-state index is -0.277. The molecule has 144 valence electrons. The van der Waals surface area contributed by atoms with Gasteiger partial charge < -0.3 is 9.64 Å². The molecule has 0 saturated carbocycles. The molecule has 1 atom stereocenters. The Kier molecular flexibility index (Phi) is 8.49. The standard InChI is InChI=1S/C22H25NO3.ClH/c24-21(18-9-3-1-4-10-18)20-13-7-14-23(17-20)15-8-16-26-22(25)19-11-5-2-6-12-19;/h1-6,9-12,20H,7-8,13-17H2;1H. The second-order valence-electron chi connectivity index (χ2n) is 6.73. The lowest BCUT2D eigenvalue weighted by Crippen LogP contribution is -2.39. The molecule has 5 heteroatoms. The fraction of sp³-hybridized carbons (Fsp3) is 0.364. The average molecular weight is 388 g/mol. The summed E-state index contributed by atoms with van der Waals surface area (Å²) in [7, 11) is 0. The molecule has 2 aromatic rings. The van der Waals surface area contributed by atoms with Crippen LogP contribution in [0.4, 0.5) is 0 Å². The molecule has 0 N–H and O–H groups in total. The zero-order valence-corrected chi connectivity index (χ0v) is 16.2. The number of ether oxygens (including phenoxy) is 1. The Labute approximate surface area is 166 Å². The number of piperidine rings is 1. The van der Waals surface area contributed by atoms with Crippen LogP contribution in [0.2, 0.25) is 0 Å². The number of Topliss-reactive ketones (excluding diaryl/α,β-unsaturated/α-hetero) is 1. The van der Waals surface area contributed by atoms with Crippen LogP contribution in [0.15, 0.2) is 60.7 Å². The minimum absolute atomic E-state index is 0. The van der Waals surface area contributed by atoms with Crippen molar-refractivity contribution in [3.63, 3.8) is 0 Å². The lowest BCUT2D eigenvalue weighted by molar-refractivity contribution is 0.0480. The number of ketones is 1. The van der Waals surface area contributed by atoms with Gasteiger partial charge in [0, 0.05) is 24.6 Å².